The fraction of sp³-hybridized carbons (Fsp3) is 0.600. The van der Waals surface area contributed by atoms with Crippen LogP contribution in [0.2, 0.25) is 0 Å². The van der Waals surface area contributed by atoms with Crippen molar-refractivity contribution in [2.75, 3.05) is 27.2 Å². The summed E-state index contributed by atoms with van der Waals surface area (Å²) in [6, 6.07) is 0.137. The first-order valence-electron chi connectivity index (χ1n) is 9.87. The second-order valence-corrected chi connectivity index (χ2v) is 8.11. The molecule has 0 spiro atoms. The molecule has 28 heavy (non-hydrogen) atoms. The van der Waals surface area contributed by atoms with Crippen LogP contribution >= 0.6 is 0 Å². The van der Waals surface area contributed by atoms with Crippen molar-refractivity contribution < 1.29 is 9.32 Å². The smallest absolute Gasteiger partial charge is 0.259 e. The number of rotatable bonds is 3. The maximum Gasteiger partial charge on any atom is 0.259 e. The summed E-state index contributed by atoms with van der Waals surface area (Å²) in [7, 11) is 4.05. The maximum absolute atomic E-state index is 13.4. The Morgan fingerprint density at radius 2 is 2.07 bits per heavy atom. The predicted molar refractivity (Wildman–Crippen MR) is 103 cm³/mol. The topological polar surface area (TPSA) is 84.5 Å². The van der Waals surface area contributed by atoms with E-state index in [4.69, 9.17) is 9.51 Å². The first kappa shape index (κ1) is 18.9. The fourth-order valence-electron chi connectivity index (χ4n) is 4.43. The van der Waals surface area contributed by atoms with Gasteiger partial charge < -0.3 is 14.3 Å². The number of amides is 1. The first-order chi connectivity index (χ1) is 13.4. The molecule has 2 aliphatic heterocycles. The quantitative estimate of drug-likeness (QED) is 0.796. The molecule has 1 amide bonds. The number of hydrogen-bond acceptors (Lipinski definition) is 6. The van der Waals surface area contributed by atoms with E-state index in [1.165, 1.54) is 0 Å². The average molecular weight is 385 g/mol. The molecule has 4 heterocycles. The monoisotopic (exact) mass is 385 g/mol. The van der Waals surface area contributed by atoms with E-state index in [2.05, 4.69) is 10.1 Å². The molecule has 1 atom stereocenters. The fourth-order valence-corrected chi connectivity index (χ4v) is 4.43. The van der Waals surface area contributed by atoms with Crippen molar-refractivity contribution in [3.8, 4) is 0 Å². The van der Waals surface area contributed by atoms with Gasteiger partial charge in [0.15, 0.2) is 0 Å². The molecule has 0 N–H and O–H groups in total. The van der Waals surface area contributed by atoms with Crippen LogP contribution in [0.3, 0.4) is 0 Å². The van der Waals surface area contributed by atoms with Gasteiger partial charge in [0, 0.05) is 25.9 Å². The highest BCUT2D eigenvalue weighted by atomic mass is 16.5. The summed E-state index contributed by atoms with van der Waals surface area (Å²) in [5, 5.41) is 3.88. The molecule has 0 aromatic carbocycles. The average Bonchev–Trinajstić information content (AvgIpc) is 2.99. The molecule has 8 heteroatoms. The number of aryl methyl sites for hydroxylation is 3. The van der Waals surface area contributed by atoms with E-state index in [1.54, 1.807) is 18.7 Å². The Labute approximate surface area is 164 Å². The van der Waals surface area contributed by atoms with Gasteiger partial charge in [-0.25, -0.2) is 4.98 Å². The molecule has 150 valence electrons. The van der Waals surface area contributed by atoms with Crippen LogP contribution in [0.4, 0.5) is 0 Å². The molecule has 4 rings (SSSR count). The Balaban J connectivity index is 1.69. The molecule has 0 fully saturated rings. The lowest BCUT2D eigenvalue weighted by atomic mass is 10.00. The van der Waals surface area contributed by atoms with Gasteiger partial charge in [0.25, 0.3) is 11.5 Å². The second-order valence-electron chi connectivity index (χ2n) is 8.11. The van der Waals surface area contributed by atoms with E-state index in [1.807, 2.05) is 18.7 Å². The lowest BCUT2D eigenvalue weighted by molar-refractivity contribution is 0.0729. The van der Waals surface area contributed by atoms with E-state index >= 15 is 0 Å². The number of carbonyl (C=O) groups is 1. The van der Waals surface area contributed by atoms with E-state index in [9.17, 15) is 9.59 Å². The zero-order chi connectivity index (χ0) is 20.0. The molecule has 0 aliphatic carbocycles. The highest BCUT2D eigenvalue weighted by Crippen LogP contribution is 2.26. The highest BCUT2D eigenvalue weighted by Gasteiger charge is 2.32. The number of hydrogen-bond donors (Lipinski definition) is 0. The Morgan fingerprint density at radius 3 is 2.75 bits per heavy atom. The number of nitrogens with zero attached hydrogens (tertiary/aromatic N) is 5. The summed E-state index contributed by atoms with van der Waals surface area (Å²) in [5.74, 6) is 1.28. The zero-order valence-corrected chi connectivity index (χ0v) is 17.0. The Hall–Kier alpha value is -2.48. The third-order valence-electron chi connectivity index (χ3n) is 5.75. The molecule has 0 saturated heterocycles. The number of likely N-dealkylation sites (N-methyl/N-ethyl adjacent to an activating group) is 1. The third kappa shape index (κ3) is 3.15. The second kappa shape index (κ2) is 7.16. The van der Waals surface area contributed by atoms with Crippen LogP contribution < -0.4 is 5.56 Å². The van der Waals surface area contributed by atoms with Crippen molar-refractivity contribution in [1.29, 1.82) is 0 Å². The summed E-state index contributed by atoms with van der Waals surface area (Å²) in [4.78, 5) is 35.1. The molecule has 2 aliphatic rings. The van der Waals surface area contributed by atoms with Gasteiger partial charge in [-0.15, -0.1) is 0 Å². The van der Waals surface area contributed by atoms with Crippen LogP contribution in [0.5, 0.6) is 0 Å². The number of fused-ring (bicyclic) bond motifs is 2. The molecule has 8 nitrogen and oxygen atoms in total. The normalized spacial score (nSPS) is 18.9. The molecule has 1 unspecified atom stereocenters. The number of aromatic nitrogens is 3. The van der Waals surface area contributed by atoms with Crippen molar-refractivity contribution in [2.45, 2.75) is 52.1 Å². The van der Waals surface area contributed by atoms with Crippen molar-refractivity contribution in [1.82, 2.24) is 24.5 Å². The van der Waals surface area contributed by atoms with Gasteiger partial charge in [-0.2, -0.15) is 0 Å². The van der Waals surface area contributed by atoms with Crippen LogP contribution in [0.1, 0.15) is 57.8 Å². The Kier molecular flexibility index (Phi) is 4.82. The van der Waals surface area contributed by atoms with Gasteiger partial charge in [-0.1, -0.05) is 5.16 Å². The summed E-state index contributed by atoms with van der Waals surface area (Å²) in [6.45, 7) is 5.16. The molecule has 0 saturated carbocycles. The maximum atomic E-state index is 13.4. The summed E-state index contributed by atoms with van der Waals surface area (Å²) < 4.78 is 7.03. The SMILES string of the molecule is Cc1noc(C)c1C(=O)N1CCc2nc3n(c(=O)c2C1)C(CN(C)C)CCC3. The minimum absolute atomic E-state index is 0.0165. The van der Waals surface area contributed by atoms with E-state index in [0.29, 0.717) is 42.1 Å². The zero-order valence-electron chi connectivity index (χ0n) is 17.0. The molecule has 0 bridgehead atoms. The summed E-state index contributed by atoms with van der Waals surface area (Å²) >= 11 is 0. The van der Waals surface area contributed by atoms with Gasteiger partial charge in [0.1, 0.15) is 17.1 Å². The molecule has 2 aromatic heterocycles. The van der Waals surface area contributed by atoms with E-state index in [0.717, 1.165) is 37.3 Å². The van der Waals surface area contributed by atoms with Gasteiger partial charge in [-0.05, 0) is 40.8 Å². The van der Waals surface area contributed by atoms with Gasteiger partial charge in [-0.3, -0.25) is 14.2 Å². The van der Waals surface area contributed by atoms with Crippen molar-refractivity contribution in [3.05, 3.63) is 44.5 Å². The van der Waals surface area contributed by atoms with Gasteiger partial charge >= 0.3 is 0 Å². The van der Waals surface area contributed by atoms with Crippen LogP contribution in [0.15, 0.2) is 9.32 Å². The highest BCUT2D eigenvalue weighted by molar-refractivity contribution is 5.96. The minimum Gasteiger partial charge on any atom is -0.361 e. The van der Waals surface area contributed by atoms with Crippen molar-refractivity contribution in [2.24, 2.45) is 0 Å². The standard InChI is InChI=1S/C20H27N5O3/c1-12-18(13(2)28-22-12)20(27)24-9-8-16-15(11-24)19(26)25-14(10-23(3)4)6-5-7-17(25)21-16/h14H,5-11H2,1-4H3. The lowest BCUT2D eigenvalue weighted by Crippen LogP contribution is -2.44. The van der Waals surface area contributed by atoms with Crippen LogP contribution in [-0.2, 0) is 19.4 Å². The van der Waals surface area contributed by atoms with Crippen molar-refractivity contribution in [3.63, 3.8) is 0 Å². The van der Waals surface area contributed by atoms with Gasteiger partial charge in [0.2, 0.25) is 0 Å². The van der Waals surface area contributed by atoms with Crippen molar-refractivity contribution >= 4 is 5.91 Å². The molecule has 2 aromatic rings. The predicted octanol–water partition coefficient (Wildman–Crippen LogP) is 1.49. The van der Waals surface area contributed by atoms with E-state index in [-0.39, 0.29) is 17.5 Å². The third-order valence-corrected chi connectivity index (χ3v) is 5.75. The van der Waals surface area contributed by atoms with Gasteiger partial charge in [0.05, 0.1) is 29.5 Å². The van der Waals surface area contributed by atoms with Crippen LogP contribution in [-0.4, -0.2) is 57.6 Å². The Morgan fingerprint density at radius 1 is 1.29 bits per heavy atom. The van der Waals surface area contributed by atoms with Crippen LogP contribution in [0, 0.1) is 13.8 Å². The largest absolute Gasteiger partial charge is 0.361 e. The minimum atomic E-state index is -0.131. The Bertz CT molecular complexity index is 955. The molecule has 0 radical (unpaired) electrons. The van der Waals surface area contributed by atoms with E-state index < -0.39 is 0 Å². The summed E-state index contributed by atoms with van der Waals surface area (Å²) in [6.07, 6.45) is 3.48. The molecular weight excluding hydrogens is 358 g/mol. The first-order valence-corrected chi connectivity index (χ1v) is 9.87. The lowest BCUT2D eigenvalue weighted by Gasteiger charge is -2.33. The van der Waals surface area contributed by atoms with Crippen LogP contribution in [0.25, 0.3) is 0 Å². The molecular formula is C20H27N5O3. The summed E-state index contributed by atoms with van der Waals surface area (Å²) in [5.41, 5.74) is 2.60. The number of carbonyl (C=O) groups excluding carboxylic acids is 1.